The summed E-state index contributed by atoms with van der Waals surface area (Å²) >= 11 is 0. The van der Waals surface area contributed by atoms with Crippen LogP contribution in [0.15, 0.2) is 11.6 Å². The zero-order chi connectivity index (χ0) is 13.1. The fourth-order valence-corrected chi connectivity index (χ4v) is 4.12. The summed E-state index contributed by atoms with van der Waals surface area (Å²) in [6, 6.07) is 1.58. The van der Waals surface area contributed by atoms with Crippen LogP contribution in [0.2, 0.25) is 0 Å². The third kappa shape index (κ3) is 3.39. The van der Waals surface area contributed by atoms with Crippen LogP contribution in [-0.2, 0) is 4.74 Å². The lowest BCUT2D eigenvalue weighted by Crippen LogP contribution is -2.42. The maximum atomic E-state index is 5.21. The highest BCUT2D eigenvalue weighted by atomic mass is 16.5. The molecule has 3 nitrogen and oxygen atoms in total. The van der Waals surface area contributed by atoms with E-state index in [2.05, 4.69) is 16.3 Å². The zero-order valence-electron chi connectivity index (χ0n) is 12.2. The maximum absolute atomic E-state index is 5.21. The van der Waals surface area contributed by atoms with E-state index < -0.39 is 0 Å². The third-order valence-corrected chi connectivity index (χ3v) is 5.14. The first-order valence-electron chi connectivity index (χ1n) is 8.00. The summed E-state index contributed by atoms with van der Waals surface area (Å²) in [7, 11) is 1.79. The summed E-state index contributed by atoms with van der Waals surface area (Å²) in [5.74, 6) is 0.975. The van der Waals surface area contributed by atoms with Crippen LogP contribution >= 0.6 is 0 Å². The van der Waals surface area contributed by atoms with E-state index in [1.54, 1.807) is 7.11 Å². The van der Waals surface area contributed by atoms with E-state index in [1.165, 1.54) is 57.2 Å². The summed E-state index contributed by atoms with van der Waals surface area (Å²) in [5, 5.41) is 3.89. The Morgan fingerprint density at radius 2 is 2.26 bits per heavy atom. The number of hydrogen-bond donors (Lipinski definition) is 1. The molecule has 2 aliphatic heterocycles. The molecule has 0 spiro atoms. The van der Waals surface area contributed by atoms with Crippen LogP contribution in [0.3, 0.4) is 0 Å². The molecule has 1 saturated heterocycles. The van der Waals surface area contributed by atoms with Gasteiger partial charge in [0.2, 0.25) is 0 Å². The molecule has 0 aromatic rings. The van der Waals surface area contributed by atoms with Gasteiger partial charge in [-0.15, -0.1) is 0 Å². The second-order valence-corrected chi connectivity index (χ2v) is 6.56. The fraction of sp³-hybridized carbons (Fsp3) is 0.875. The second kappa shape index (κ2) is 6.38. The van der Waals surface area contributed by atoms with Crippen molar-refractivity contribution in [2.75, 3.05) is 33.4 Å². The molecule has 0 radical (unpaired) electrons. The Morgan fingerprint density at radius 1 is 1.37 bits per heavy atom. The largest absolute Gasteiger partial charge is 0.380 e. The first-order valence-corrected chi connectivity index (χ1v) is 8.00. The highest BCUT2D eigenvalue weighted by Crippen LogP contribution is 2.33. The van der Waals surface area contributed by atoms with Crippen molar-refractivity contribution in [2.24, 2.45) is 5.92 Å². The monoisotopic (exact) mass is 264 g/mol. The van der Waals surface area contributed by atoms with Crippen LogP contribution < -0.4 is 5.32 Å². The van der Waals surface area contributed by atoms with E-state index in [-0.39, 0.29) is 0 Å². The van der Waals surface area contributed by atoms with Crippen molar-refractivity contribution in [1.29, 1.82) is 0 Å². The number of ether oxygens (including phenoxy) is 1. The molecular formula is C16H28N2O. The first kappa shape index (κ1) is 13.6. The Kier molecular flexibility index (Phi) is 4.57. The molecule has 3 atom stereocenters. The van der Waals surface area contributed by atoms with Crippen molar-refractivity contribution in [2.45, 2.75) is 50.6 Å². The molecule has 0 amide bonds. The molecule has 3 rings (SSSR count). The summed E-state index contributed by atoms with van der Waals surface area (Å²) in [6.07, 6.45) is 10.7. The van der Waals surface area contributed by atoms with Crippen molar-refractivity contribution in [1.82, 2.24) is 10.2 Å². The van der Waals surface area contributed by atoms with Gasteiger partial charge in [0.05, 0.1) is 6.61 Å². The van der Waals surface area contributed by atoms with Gasteiger partial charge in [0, 0.05) is 38.8 Å². The molecule has 3 aliphatic rings. The average molecular weight is 264 g/mol. The van der Waals surface area contributed by atoms with Crippen LogP contribution in [0.1, 0.15) is 38.5 Å². The van der Waals surface area contributed by atoms with Crippen LogP contribution in [-0.4, -0.2) is 50.3 Å². The number of rotatable bonds is 4. The Labute approximate surface area is 117 Å². The fourth-order valence-electron chi connectivity index (χ4n) is 4.12. The molecule has 108 valence electrons. The summed E-state index contributed by atoms with van der Waals surface area (Å²) in [6.45, 7) is 4.39. The zero-order valence-corrected chi connectivity index (χ0v) is 12.2. The van der Waals surface area contributed by atoms with E-state index in [9.17, 15) is 0 Å². The average Bonchev–Trinajstić information content (AvgIpc) is 2.83. The maximum Gasteiger partial charge on any atom is 0.0673 e. The highest BCUT2D eigenvalue weighted by Gasteiger charge is 2.35. The molecule has 0 bridgehead atoms. The van der Waals surface area contributed by atoms with E-state index in [0.29, 0.717) is 0 Å². The minimum Gasteiger partial charge on any atom is -0.380 e. The van der Waals surface area contributed by atoms with E-state index >= 15 is 0 Å². The summed E-state index contributed by atoms with van der Waals surface area (Å²) < 4.78 is 5.21. The number of methoxy groups -OCH3 is 1. The smallest absolute Gasteiger partial charge is 0.0673 e. The number of nitrogens with zero attached hydrogens (tertiary/aromatic N) is 1. The summed E-state index contributed by atoms with van der Waals surface area (Å²) in [4.78, 5) is 2.61. The number of hydrogen-bond acceptors (Lipinski definition) is 3. The lowest BCUT2D eigenvalue weighted by atomic mass is 9.85. The minimum atomic E-state index is 0.741. The topological polar surface area (TPSA) is 24.5 Å². The lowest BCUT2D eigenvalue weighted by molar-refractivity contribution is 0.208. The number of nitrogens with one attached hydrogen (secondary N) is 1. The van der Waals surface area contributed by atoms with Gasteiger partial charge in [0.25, 0.3) is 0 Å². The van der Waals surface area contributed by atoms with Gasteiger partial charge in [-0.2, -0.15) is 0 Å². The third-order valence-electron chi connectivity index (χ3n) is 5.14. The molecule has 0 aromatic carbocycles. The van der Waals surface area contributed by atoms with Gasteiger partial charge in [-0.05, 0) is 37.2 Å². The molecule has 19 heavy (non-hydrogen) atoms. The summed E-state index contributed by atoms with van der Waals surface area (Å²) in [5.41, 5.74) is 1.48. The SMILES string of the molecule is COCC1=CCN(CC2CC3CCCCC3N2)CC1. The predicted molar refractivity (Wildman–Crippen MR) is 78.3 cm³/mol. The van der Waals surface area contributed by atoms with Crippen LogP contribution in [0.5, 0.6) is 0 Å². The quantitative estimate of drug-likeness (QED) is 0.788. The van der Waals surface area contributed by atoms with Gasteiger partial charge in [-0.3, -0.25) is 4.90 Å². The molecule has 3 unspecified atom stereocenters. The van der Waals surface area contributed by atoms with Gasteiger partial charge in [0.15, 0.2) is 0 Å². The molecule has 0 aromatic heterocycles. The van der Waals surface area contributed by atoms with Crippen molar-refractivity contribution in [3.63, 3.8) is 0 Å². The first-order chi connectivity index (χ1) is 9.35. The second-order valence-electron chi connectivity index (χ2n) is 6.56. The molecular weight excluding hydrogens is 236 g/mol. The van der Waals surface area contributed by atoms with Crippen molar-refractivity contribution in [3.05, 3.63) is 11.6 Å². The van der Waals surface area contributed by atoms with Crippen molar-refractivity contribution in [3.8, 4) is 0 Å². The van der Waals surface area contributed by atoms with E-state index in [4.69, 9.17) is 4.74 Å². The number of fused-ring (bicyclic) bond motifs is 1. The predicted octanol–water partition coefficient (Wildman–Crippen LogP) is 2.19. The highest BCUT2D eigenvalue weighted by molar-refractivity contribution is 5.08. The van der Waals surface area contributed by atoms with Crippen LogP contribution in [0.25, 0.3) is 0 Å². The molecule has 1 N–H and O–H groups in total. The van der Waals surface area contributed by atoms with Gasteiger partial charge >= 0.3 is 0 Å². The Morgan fingerprint density at radius 3 is 3.00 bits per heavy atom. The Balaban J connectivity index is 1.45. The minimum absolute atomic E-state index is 0.741. The normalized spacial score (nSPS) is 36.1. The van der Waals surface area contributed by atoms with Gasteiger partial charge < -0.3 is 10.1 Å². The standard InChI is InChI=1S/C16H28N2O/c1-19-12-13-6-8-18(9-7-13)11-15-10-14-4-2-3-5-16(14)17-15/h6,14-17H,2-5,7-12H2,1H3. The Hall–Kier alpha value is -0.380. The molecule has 2 fully saturated rings. The molecule has 2 heterocycles. The molecule has 3 heteroatoms. The van der Waals surface area contributed by atoms with Crippen molar-refractivity contribution >= 4 is 0 Å². The van der Waals surface area contributed by atoms with Gasteiger partial charge in [-0.25, -0.2) is 0 Å². The molecule has 1 aliphatic carbocycles. The van der Waals surface area contributed by atoms with Crippen LogP contribution in [0.4, 0.5) is 0 Å². The van der Waals surface area contributed by atoms with Gasteiger partial charge in [-0.1, -0.05) is 18.9 Å². The van der Waals surface area contributed by atoms with Crippen molar-refractivity contribution < 1.29 is 4.74 Å². The Bertz CT molecular complexity index is 315. The van der Waals surface area contributed by atoms with E-state index in [0.717, 1.165) is 31.2 Å². The van der Waals surface area contributed by atoms with Gasteiger partial charge in [0.1, 0.15) is 0 Å². The van der Waals surface area contributed by atoms with E-state index in [1.807, 2.05) is 0 Å². The van der Waals surface area contributed by atoms with Crippen LogP contribution in [0, 0.1) is 5.92 Å². The molecule has 1 saturated carbocycles. The lowest BCUT2D eigenvalue weighted by Gasteiger charge is -2.29.